The normalized spacial score (nSPS) is 16.2. The summed E-state index contributed by atoms with van der Waals surface area (Å²) in [5.41, 5.74) is 1.63. The Kier molecular flexibility index (Phi) is 3.09. The van der Waals surface area contributed by atoms with Crippen LogP contribution in [0.15, 0.2) is 46.2 Å². The van der Waals surface area contributed by atoms with Crippen LogP contribution in [0.25, 0.3) is 0 Å². The van der Waals surface area contributed by atoms with Gasteiger partial charge in [0.2, 0.25) is 0 Å². The van der Waals surface area contributed by atoms with Crippen molar-refractivity contribution in [2.45, 2.75) is 30.6 Å². The summed E-state index contributed by atoms with van der Waals surface area (Å²) >= 11 is 1.86. The van der Waals surface area contributed by atoms with Gasteiger partial charge in [0.25, 0.3) is 0 Å². The van der Waals surface area contributed by atoms with Gasteiger partial charge in [0.1, 0.15) is 0 Å². The minimum atomic E-state index is 1.32. The maximum atomic E-state index is 2.34. The Hall–Kier alpha value is -0.690. The Labute approximate surface area is 84.0 Å². The molecule has 0 bridgehead atoms. The molecule has 1 heteroatoms. The minimum absolute atomic E-state index is 1.32. The van der Waals surface area contributed by atoms with Crippen molar-refractivity contribution in [3.63, 3.8) is 0 Å². The average Bonchev–Trinajstić information content (AvgIpc) is 2.69. The molecule has 0 saturated heterocycles. The van der Waals surface area contributed by atoms with Crippen LogP contribution in [0.1, 0.15) is 25.7 Å². The molecule has 68 valence electrons. The second-order valence-corrected chi connectivity index (χ2v) is 4.36. The zero-order chi connectivity index (χ0) is 8.93. The Morgan fingerprint density at radius 1 is 1.00 bits per heavy atom. The van der Waals surface area contributed by atoms with Crippen molar-refractivity contribution in [1.82, 2.24) is 0 Å². The first-order valence-corrected chi connectivity index (χ1v) is 5.73. The van der Waals surface area contributed by atoms with E-state index in [-0.39, 0.29) is 0 Å². The van der Waals surface area contributed by atoms with Crippen molar-refractivity contribution < 1.29 is 0 Å². The van der Waals surface area contributed by atoms with E-state index in [1.54, 1.807) is 5.57 Å². The van der Waals surface area contributed by atoms with Crippen molar-refractivity contribution in [3.8, 4) is 0 Å². The smallest absolute Gasteiger partial charge is 0.0116 e. The van der Waals surface area contributed by atoms with Gasteiger partial charge in [-0.25, -0.2) is 0 Å². The molecular weight excluding hydrogens is 176 g/mol. The predicted octanol–water partition coefficient (Wildman–Crippen LogP) is 4.24. The van der Waals surface area contributed by atoms with Gasteiger partial charge in [0.15, 0.2) is 0 Å². The molecule has 0 radical (unpaired) electrons. The number of hydrogen-bond donors (Lipinski definition) is 0. The largest absolute Gasteiger partial charge is 0.0981 e. The Bertz CT molecular complexity index is 279. The van der Waals surface area contributed by atoms with E-state index in [0.717, 1.165) is 0 Å². The second-order valence-electron chi connectivity index (χ2n) is 3.41. The average molecular weight is 190 g/mol. The number of rotatable bonds is 2. The molecule has 0 spiro atoms. The monoisotopic (exact) mass is 190 g/mol. The standard InChI is InChI=1S/C12H14S/c1-2-8-12(9-3-1)13-10-11-6-4-5-7-11/h1-3,8-10H,4-7H2. The van der Waals surface area contributed by atoms with Crippen molar-refractivity contribution in [3.05, 3.63) is 41.3 Å². The van der Waals surface area contributed by atoms with Crippen LogP contribution in [0.4, 0.5) is 0 Å². The summed E-state index contributed by atoms with van der Waals surface area (Å²) in [6, 6.07) is 10.6. The van der Waals surface area contributed by atoms with Crippen molar-refractivity contribution in [2.75, 3.05) is 0 Å². The minimum Gasteiger partial charge on any atom is -0.0981 e. The van der Waals surface area contributed by atoms with Gasteiger partial charge in [-0.3, -0.25) is 0 Å². The third-order valence-corrected chi connectivity index (χ3v) is 3.35. The van der Waals surface area contributed by atoms with E-state index in [0.29, 0.717) is 0 Å². The molecule has 1 aliphatic carbocycles. The maximum absolute atomic E-state index is 2.34. The van der Waals surface area contributed by atoms with Crippen LogP contribution in [0, 0.1) is 0 Å². The summed E-state index contributed by atoms with van der Waals surface area (Å²) in [7, 11) is 0. The fourth-order valence-corrected chi connectivity index (χ4v) is 2.45. The topological polar surface area (TPSA) is 0 Å². The number of thioether (sulfide) groups is 1. The molecule has 0 amide bonds. The van der Waals surface area contributed by atoms with Crippen LogP contribution in [-0.2, 0) is 0 Å². The molecule has 1 aromatic carbocycles. The molecule has 1 fully saturated rings. The number of benzene rings is 1. The zero-order valence-corrected chi connectivity index (χ0v) is 8.52. The maximum Gasteiger partial charge on any atom is 0.0116 e. The van der Waals surface area contributed by atoms with Gasteiger partial charge in [-0.05, 0) is 43.2 Å². The van der Waals surface area contributed by atoms with E-state index < -0.39 is 0 Å². The number of allylic oxidation sites excluding steroid dienone is 1. The lowest BCUT2D eigenvalue weighted by atomic mass is 10.3. The van der Waals surface area contributed by atoms with Crippen molar-refractivity contribution >= 4 is 11.8 Å². The predicted molar refractivity (Wildman–Crippen MR) is 58.9 cm³/mol. The van der Waals surface area contributed by atoms with E-state index in [4.69, 9.17) is 0 Å². The highest BCUT2D eigenvalue weighted by atomic mass is 32.2. The van der Waals surface area contributed by atoms with E-state index in [1.165, 1.54) is 30.6 Å². The van der Waals surface area contributed by atoms with Gasteiger partial charge < -0.3 is 0 Å². The molecule has 0 unspecified atom stereocenters. The second kappa shape index (κ2) is 4.52. The summed E-state index contributed by atoms with van der Waals surface area (Å²) in [4.78, 5) is 1.35. The molecule has 0 heterocycles. The van der Waals surface area contributed by atoms with Gasteiger partial charge in [0.05, 0.1) is 0 Å². The third kappa shape index (κ3) is 2.63. The van der Waals surface area contributed by atoms with E-state index in [9.17, 15) is 0 Å². The Balaban J connectivity index is 1.95. The Morgan fingerprint density at radius 3 is 2.38 bits per heavy atom. The van der Waals surface area contributed by atoms with Crippen LogP contribution >= 0.6 is 11.8 Å². The van der Waals surface area contributed by atoms with Crippen LogP contribution < -0.4 is 0 Å². The SMILES string of the molecule is C(Sc1ccccc1)=C1CCCC1. The first-order chi connectivity index (χ1) is 6.45. The van der Waals surface area contributed by atoms with Gasteiger partial charge in [-0.2, -0.15) is 0 Å². The van der Waals surface area contributed by atoms with Crippen molar-refractivity contribution in [2.24, 2.45) is 0 Å². The van der Waals surface area contributed by atoms with Gasteiger partial charge in [-0.1, -0.05) is 35.5 Å². The van der Waals surface area contributed by atoms with E-state index in [1.807, 2.05) is 11.8 Å². The van der Waals surface area contributed by atoms with Crippen LogP contribution in [0.5, 0.6) is 0 Å². The highest BCUT2D eigenvalue weighted by molar-refractivity contribution is 8.02. The molecule has 1 aliphatic rings. The molecule has 0 atom stereocenters. The lowest BCUT2D eigenvalue weighted by Gasteiger charge is -1.96. The van der Waals surface area contributed by atoms with Gasteiger partial charge in [-0.15, -0.1) is 0 Å². The zero-order valence-electron chi connectivity index (χ0n) is 7.70. The van der Waals surface area contributed by atoms with Crippen molar-refractivity contribution in [1.29, 1.82) is 0 Å². The first kappa shape index (κ1) is 8.89. The molecule has 0 N–H and O–H groups in total. The highest BCUT2D eigenvalue weighted by Gasteiger charge is 2.05. The lowest BCUT2D eigenvalue weighted by molar-refractivity contribution is 0.886. The summed E-state index contributed by atoms with van der Waals surface area (Å²) in [5.74, 6) is 0. The fourth-order valence-electron chi connectivity index (χ4n) is 1.60. The molecule has 2 rings (SSSR count). The van der Waals surface area contributed by atoms with E-state index >= 15 is 0 Å². The van der Waals surface area contributed by atoms with Crippen LogP contribution in [0.3, 0.4) is 0 Å². The first-order valence-electron chi connectivity index (χ1n) is 4.85. The van der Waals surface area contributed by atoms with Gasteiger partial charge in [0, 0.05) is 4.90 Å². The summed E-state index contributed by atoms with van der Waals surface area (Å²) in [6.07, 6.45) is 5.42. The molecule has 13 heavy (non-hydrogen) atoms. The highest BCUT2D eigenvalue weighted by Crippen LogP contribution is 2.29. The third-order valence-electron chi connectivity index (χ3n) is 2.35. The molecule has 0 aromatic heterocycles. The molecule has 0 nitrogen and oxygen atoms in total. The lowest BCUT2D eigenvalue weighted by Crippen LogP contribution is -1.70. The van der Waals surface area contributed by atoms with Gasteiger partial charge >= 0.3 is 0 Å². The molecular formula is C12H14S. The van der Waals surface area contributed by atoms with Crippen LogP contribution in [0.2, 0.25) is 0 Å². The fraction of sp³-hybridized carbons (Fsp3) is 0.333. The quantitative estimate of drug-likeness (QED) is 0.629. The Morgan fingerprint density at radius 2 is 1.69 bits per heavy atom. The van der Waals surface area contributed by atoms with E-state index in [2.05, 4.69) is 35.7 Å². The summed E-state index contributed by atoms with van der Waals surface area (Å²) < 4.78 is 0. The summed E-state index contributed by atoms with van der Waals surface area (Å²) in [6.45, 7) is 0. The number of hydrogen-bond acceptors (Lipinski definition) is 1. The molecule has 1 aromatic rings. The summed E-state index contributed by atoms with van der Waals surface area (Å²) in [5, 5.41) is 2.34. The van der Waals surface area contributed by atoms with Crippen LogP contribution in [-0.4, -0.2) is 0 Å². The molecule has 0 aliphatic heterocycles. The molecule has 1 saturated carbocycles.